The fourth-order valence-corrected chi connectivity index (χ4v) is 1.66. The van der Waals surface area contributed by atoms with E-state index in [1.165, 1.54) is 12.1 Å². The minimum Gasteiger partial charge on any atom is -0.508 e. The summed E-state index contributed by atoms with van der Waals surface area (Å²) in [5.41, 5.74) is 6.39. The first-order chi connectivity index (χ1) is 9.97. The molecule has 9 heteroatoms. The normalized spacial score (nSPS) is 11.5. The number of hydrogen-bond donors (Lipinski definition) is 3. The summed E-state index contributed by atoms with van der Waals surface area (Å²) in [6.07, 6.45) is 0.170. The van der Waals surface area contributed by atoms with Crippen LogP contribution in [0.2, 0.25) is 0 Å². The molecule has 114 valence electrons. The van der Waals surface area contributed by atoms with Crippen LogP contribution in [0.1, 0.15) is 5.56 Å². The van der Waals surface area contributed by atoms with Crippen LogP contribution in [-0.2, 0) is 11.2 Å². The van der Waals surface area contributed by atoms with Gasteiger partial charge < -0.3 is 10.8 Å². The van der Waals surface area contributed by atoms with E-state index in [0.717, 1.165) is 0 Å². The molecule has 1 atom stereocenters. The number of carbonyl (C=O) groups is 2. The summed E-state index contributed by atoms with van der Waals surface area (Å²) >= 11 is 5.39. The highest BCUT2D eigenvalue weighted by atomic mass is 35.5. The molecule has 0 spiro atoms. The van der Waals surface area contributed by atoms with Gasteiger partial charge in [-0.3, -0.25) is 10.1 Å². The lowest BCUT2D eigenvalue weighted by Gasteiger charge is -2.15. The van der Waals surface area contributed by atoms with Gasteiger partial charge in [-0.15, -0.1) is 16.5 Å². The number of benzene rings is 1. The maximum absolute atomic E-state index is 11.7. The number of carbonyl (C=O) groups excluding carboxylic acids is 2. The van der Waals surface area contributed by atoms with Gasteiger partial charge in [0.1, 0.15) is 5.75 Å². The van der Waals surface area contributed by atoms with E-state index in [4.69, 9.17) is 22.4 Å². The second kappa shape index (κ2) is 8.18. The molecule has 1 aromatic rings. The molecule has 0 saturated carbocycles. The van der Waals surface area contributed by atoms with Crippen molar-refractivity contribution >= 4 is 23.5 Å². The Bertz CT molecular complexity index is 508. The first kappa shape index (κ1) is 16.9. The van der Waals surface area contributed by atoms with Crippen molar-refractivity contribution in [1.82, 2.24) is 10.3 Å². The van der Waals surface area contributed by atoms with Gasteiger partial charge in [-0.2, -0.15) is 5.01 Å². The fourth-order valence-electron chi connectivity index (χ4n) is 1.50. The smallest absolute Gasteiger partial charge is 0.347 e. The van der Waals surface area contributed by atoms with Crippen molar-refractivity contribution < 1.29 is 14.7 Å². The van der Waals surface area contributed by atoms with Crippen LogP contribution in [-0.4, -0.2) is 40.5 Å². The number of rotatable bonds is 6. The molecular weight excluding hydrogens is 300 g/mol. The second-order valence-corrected chi connectivity index (χ2v) is 4.54. The second-order valence-electron chi connectivity index (χ2n) is 4.17. The standard InChI is InChI=1S/C12H15ClN4O4/c13-5-6-17(16-21)12(20)15-11(19)10(14)7-8-1-3-9(18)4-2-8/h1-4,10,18H,5-7,14H2,(H,15,19,20)/t10-/m0/s1. The zero-order chi connectivity index (χ0) is 15.8. The van der Waals surface area contributed by atoms with E-state index in [1.54, 1.807) is 12.1 Å². The van der Waals surface area contributed by atoms with E-state index in [0.29, 0.717) is 10.6 Å². The molecule has 0 radical (unpaired) electrons. The number of nitrogens with two attached hydrogens (primary N) is 1. The van der Waals surface area contributed by atoms with E-state index in [2.05, 4.69) is 5.29 Å². The number of urea groups is 1. The van der Waals surface area contributed by atoms with Crippen LogP contribution in [0.3, 0.4) is 0 Å². The largest absolute Gasteiger partial charge is 0.508 e. The number of phenolic OH excluding ortho intramolecular Hbond substituents is 1. The molecule has 0 aliphatic rings. The van der Waals surface area contributed by atoms with Crippen molar-refractivity contribution in [2.24, 2.45) is 11.0 Å². The molecular formula is C12H15ClN4O4. The van der Waals surface area contributed by atoms with Gasteiger partial charge in [0.2, 0.25) is 5.91 Å². The topological polar surface area (TPSA) is 125 Å². The molecule has 0 heterocycles. The molecule has 1 rings (SSSR count). The monoisotopic (exact) mass is 314 g/mol. The van der Waals surface area contributed by atoms with Gasteiger partial charge in [-0.1, -0.05) is 12.1 Å². The maximum atomic E-state index is 11.7. The Balaban J connectivity index is 2.56. The van der Waals surface area contributed by atoms with Gasteiger partial charge in [0.05, 0.1) is 17.9 Å². The summed E-state index contributed by atoms with van der Waals surface area (Å²) in [7, 11) is 0. The lowest BCUT2D eigenvalue weighted by molar-refractivity contribution is -0.121. The molecule has 4 N–H and O–H groups in total. The summed E-state index contributed by atoms with van der Waals surface area (Å²) < 4.78 is 0. The molecule has 0 fully saturated rings. The molecule has 0 saturated heterocycles. The molecule has 0 aromatic heterocycles. The average molecular weight is 315 g/mol. The van der Waals surface area contributed by atoms with Gasteiger partial charge in [-0.25, -0.2) is 4.79 Å². The summed E-state index contributed by atoms with van der Waals surface area (Å²) in [4.78, 5) is 33.7. The predicted octanol–water partition coefficient (Wildman–Crippen LogP) is 0.720. The molecule has 1 aromatic carbocycles. The average Bonchev–Trinajstić information content (AvgIpc) is 2.46. The van der Waals surface area contributed by atoms with E-state index in [1.807, 2.05) is 5.32 Å². The zero-order valence-electron chi connectivity index (χ0n) is 11.0. The van der Waals surface area contributed by atoms with Crippen LogP contribution >= 0.6 is 11.6 Å². The fraction of sp³-hybridized carbons (Fsp3) is 0.333. The number of alkyl halides is 1. The Morgan fingerprint density at radius 1 is 1.38 bits per heavy atom. The molecule has 8 nitrogen and oxygen atoms in total. The van der Waals surface area contributed by atoms with Gasteiger partial charge in [-0.05, 0) is 24.1 Å². The van der Waals surface area contributed by atoms with Gasteiger partial charge in [0, 0.05) is 5.88 Å². The van der Waals surface area contributed by atoms with Crippen LogP contribution in [0, 0.1) is 4.91 Å². The molecule has 3 amide bonds. The first-order valence-electron chi connectivity index (χ1n) is 6.03. The number of nitroso groups, excluding NO2 is 1. The van der Waals surface area contributed by atoms with Crippen LogP contribution in [0.25, 0.3) is 0 Å². The van der Waals surface area contributed by atoms with Crippen molar-refractivity contribution in [1.29, 1.82) is 0 Å². The van der Waals surface area contributed by atoms with Crippen molar-refractivity contribution in [3.63, 3.8) is 0 Å². The number of imide groups is 1. The molecule has 21 heavy (non-hydrogen) atoms. The quantitative estimate of drug-likeness (QED) is 0.405. The van der Waals surface area contributed by atoms with Crippen molar-refractivity contribution in [3.05, 3.63) is 34.7 Å². The lowest BCUT2D eigenvalue weighted by atomic mass is 10.1. The summed E-state index contributed by atoms with van der Waals surface area (Å²) in [6, 6.07) is 4.18. The molecule has 0 unspecified atom stereocenters. The summed E-state index contributed by atoms with van der Waals surface area (Å²) in [5, 5.41) is 14.1. The number of nitrogens with one attached hydrogen (secondary N) is 1. The van der Waals surface area contributed by atoms with Crippen LogP contribution in [0.15, 0.2) is 29.6 Å². The van der Waals surface area contributed by atoms with Crippen LogP contribution < -0.4 is 11.1 Å². The predicted molar refractivity (Wildman–Crippen MR) is 76.5 cm³/mol. The lowest BCUT2D eigenvalue weighted by Crippen LogP contribution is -2.48. The molecule has 0 aliphatic heterocycles. The number of amides is 3. The van der Waals surface area contributed by atoms with E-state index >= 15 is 0 Å². The van der Waals surface area contributed by atoms with Crippen LogP contribution in [0.5, 0.6) is 5.75 Å². The number of aromatic hydroxyl groups is 1. The van der Waals surface area contributed by atoms with Crippen molar-refractivity contribution in [2.45, 2.75) is 12.5 Å². The zero-order valence-corrected chi connectivity index (χ0v) is 11.8. The SMILES string of the molecule is N[C@@H](Cc1ccc(O)cc1)C(=O)NC(=O)N(CCCl)N=O. The number of phenols is 1. The Morgan fingerprint density at radius 3 is 2.52 bits per heavy atom. The third-order valence-electron chi connectivity index (χ3n) is 2.59. The Hall–Kier alpha value is -2.19. The third kappa shape index (κ3) is 5.36. The van der Waals surface area contributed by atoms with Crippen molar-refractivity contribution in [3.8, 4) is 5.75 Å². The number of hydrogen-bond acceptors (Lipinski definition) is 6. The van der Waals surface area contributed by atoms with Gasteiger partial charge >= 0.3 is 6.03 Å². The number of halogens is 1. The summed E-state index contributed by atoms with van der Waals surface area (Å²) in [6.45, 7) is -0.114. The first-order valence-corrected chi connectivity index (χ1v) is 6.56. The minimum atomic E-state index is -0.983. The van der Waals surface area contributed by atoms with Crippen molar-refractivity contribution in [2.75, 3.05) is 12.4 Å². The Kier molecular flexibility index (Phi) is 6.57. The van der Waals surface area contributed by atoms with Gasteiger partial charge in [0.15, 0.2) is 0 Å². The van der Waals surface area contributed by atoms with E-state index < -0.39 is 18.0 Å². The Morgan fingerprint density at radius 2 is 2.00 bits per heavy atom. The highest BCUT2D eigenvalue weighted by molar-refractivity contribution is 6.18. The van der Waals surface area contributed by atoms with E-state index in [9.17, 15) is 14.5 Å². The van der Waals surface area contributed by atoms with E-state index in [-0.39, 0.29) is 24.6 Å². The minimum absolute atomic E-state index is 0.00686. The highest BCUT2D eigenvalue weighted by Gasteiger charge is 2.21. The summed E-state index contributed by atoms with van der Waals surface area (Å²) in [5.74, 6) is -0.635. The Labute approximate surface area is 125 Å². The third-order valence-corrected chi connectivity index (χ3v) is 2.76. The molecule has 0 bridgehead atoms. The van der Waals surface area contributed by atoms with Gasteiger partial charge in [0.25, 0.3) is 0 Å². The maximum Gasteiger partial charge on any atom is 0.347 e. The van der Waals surface area contributed by atoms with Crippen LogP contribution in [0.4, 0.5) is 4.79 Å². The molecule has 0 aliphatic carbocycles. The number of nitrogens with zero attached hydrogens (tertiary/aromatic N) is 2. The highest BCUT2D eigenvalue weighted by Crippen LogP contribution is 2.10.